The van der Waals surface area contributed by atoms with Crippen LogP contribution in [0.4, 0.5) is 0 Å². The molecule has 2 unspecified atom stereocenters. The Bertz CT molecular complexity index is 780. The molecule has 0 amide bonds. The molecule has 0 saturated heterocycles. The van der Waals surface area contributed by atoms with E-state index in [-0.39, 0.29) is 13.1 Å². The number of nitrogens with two attached hydrogens (primary N) is 1. The van der Waals surface area contributed by atoms with Crippen LogP contribution < -0.4 is 5.73 Å². The van der Waals surface area contributed by atoms with Crippen LogP contribution >= 0.6 is 0 Å². The van der Waals surface area contributed by atoms with Crippen LogP contribution in [0, 0.1) is 0 Å². The Labute approximate surface area is 164 Å². The average Bonchev–Trinajstić information content (AvgIpc) is 2.69. The molecule has 2 atom stereocenters. The van der Waals surface area contributed by atoms with Crippen molar-refractivity contribution in [3.8, 4) is 0 Å². The third-order valence-corrected chi connectivity index (χ3v) is 4.43. The van der Waals surface area contributed by atoms with Gasteiger partial charge in [0, 0.05) is 24.2 Å². The zero-order valence-electron chi connectivity index (χ0n) is 16.0. The standard InChI is InChI=1S/C22H24N2O4/c1-15(25)19(21(27)17-9-5-3-6-10-17)24(14-13-23)20(16(2)26)22(28)18-11-7-4-8-12-18/h3-12,19-20H,13-14,23H2,1-2H3. The van der Waals surface area contributed by atoms with E-state index in [0.717, 1.165) is 0 Å². The van der Waals surface area contributed by atoms with E-state index >= 15 is 0 Å². The summed E-state index contributed by atoms with van der Waals surface area (Å²) in [5.74, 6) is -1.83. The van der Waals surface area contributed by atoms with Crippen LogP contribution in [0.1, 0.15) is 34.6 Å². The zero-order chi connectivity index (χ0) is 20.7. The van der Waals surface area contributed by atoms with E-state index in [4.69, 9.17) is 5.73 Å². The van der Waals surface area contributed by atoms with Crippen molar-refractivity contribution in [3.63, 3.8) is 0 Å². The highest BCUT2D eigenvalue weighted by Crippen LogP contribution is 2.18. The molecule has 2 aromatic rings. The molecule has 0 aliphatic carbocycles. The van der Waals surface area contributed by atoms with Gasteiger partial charge in [0.05, 0.1) is 0 Å². The molecule has 0 aliphatic rings. The van der Waals surface area contributed by atoms with Crippen molar-refractivity contribution in [3.05, 3.63) is 71.8 Å². The lowest BCUT2D eigenvalue weighted by Gasteiger charge is -2.33. The number of rotatable bonds is 10. The zero-order valence-corrected chi connectivity index (χ0v) is 16.0. The van der Waals surface area contributed by atoms with Gasteiger partial charge in [-0.25, -0.2) is 0 Å². The molecule has 0 aromatic heterocycles. The molecule has 0 bridgehead atoms. The second kappa shape index (κ2) is 9.82. The van der Waals surface area contributed by atoms with Gasteiger partial charge in [-0.1, -0.05) is 60.7 Å². The van der Waals surface area contributed by atoms with E-state index in [1.807, 2.05) is 0 Å². The molecule has 2 rings (SSSR count). The molecule has 0 heterocycles. The number of carbonyl (C=O) groups is 4. The van der Waals surface area contributed by atoms with Crippen LogP contribution in [0.2, 0.25) is 0 Å². The van der Waals surface area contributed by atoms with Crippen molar-refractivity contribution in [2.75, 3.05) is 13.1 Å². The molecule has 0 radical (unpaired) electrons. The summed E-state index contributed by atoms with van der Waals surface area (Å²) in [4.78, 5) is 52.3. The van der Waals surface area contributed by atoms with Crippen molar-refractivity contribution < 1.29 is 19.2 Å². The van der Waals surface area contributed by atoms with Crippen molar-refractivity contribution in [1.29, 1.82) is 0 Å². The second-order valence-electron chi connectivity index (χ2n) is 6.51. The molecule has 2 N–H and O–H groups in total. The maximum Gasteiger partial charge on any atom is 0.187 e. The van der Waals surface area contributed by atoms with Gasteiger partial charge in [0.15, 0.2) is 23.1 Å². The highest BCUT2D eigenvalue weighted by molar-refractivity contribution is 6.17. The summed E-state index contributed by atoms with van der Waals surface area (Å²) in [7, 11) is 0. The van der Waals surface area contributed by atoms with Crippen LogP contribution in [0.5, 0.6) is 0 Å². The maximum absolute atomic E-state index is 13.1. The van der Waals surface area contributed by atoms with Gasteiger partial charge in [0.2, 0.25) is 0 Å². The fourth-order valence-corrected chi connectivity index (χ4v) is 3.21. The summed E-state index contributed by atoms with van der Waals surface area (Å²) in [6, 6.07) is 14.1. The molecule has 146 valence electrons. The van der Waals surface area contributed by atoms with E-state index in [9.17, 15) is 19.2 Å². The van der Waals surface area contributed by atoms with Crippen LogP contribution in [-0.2, 0) is 9.59 Å². The van der Waals surface area contributed by atoms with Gasteiger partial charge in [-0.15, -0.1) is 0 Å². The Morgan fingerprint density at radius 1 is 0.750 bits per heavy atom. The van der Waals surface area contributed by atoms with Crippen LogP contribution in [0.15, 0.2) is 60.7 Å². The Morgan fingerprint density at radius 2 is 1.11 bits per heavy atom. The van der Waals surface area contributed by atoms with Crippen molar-refractivity contribution in [1.82, 2.24) is 4.90 Å². The first-order valence-electron chi connectivity index (χ1n) is 9.03. The number of benzene rings is 2. The molecule has 0 fully saturated rings. The van der Waals surface area contributed by atoms with Crippen LogP contribution in [-0.4, -0.2) is 53.2 Å². The summed E-state index contributed by atoms with van der Waals surface area (Å²) in [5.41, 5.74) is 6.36. The lowest BCUT2D eigenvalue weighted by atomic mass is 9.93. The summed E-state index contributed by atoms with van der Waals surface area (Å²) < 4.78 is 0. The summed E-state index contributed by atoms with van der Waals surface area (Å²) in [5, 5.41) is 0. The third-order valence-electron chi connectivity index (χ3n) is 4.43. The van der Waals surface area contributed by atoms with Gasteiger partial charge in [-0.05, 0) is 13.8 Å². The second-order valence-corrected chi connectivity index (χ2v) is 6.51. The molecule has 6 nitrogen and oxygen atoms in total. The van der Waals surface area contributed by atoms with Gasteiger partial charge in [0.25, 0.3) is 0 Å². The van der Waals surface area contributed by atoms with Gasteiger partial charge in [-0.3, -0.25) is 24.1 Å². The molecule has 0 spiro atoms. The average molecular weight is 380 g/mol. The molecule has 6 heteroatoms. The third kappa shape index (κ3) is 4.85. The van der Waals surface area contributed by atoms with E-state index in [2.05, 4.69) is 0 Å². The molecular formula is C22H24N2O4. The molecule has 0 saturated carbocycles. The SMILES string of the molecule is CC(=O)C(C(=O)c1ccccc1)N(CCN)C(C(C)=O)C(=O)c1ccccc1. The van der Waals surface area contributed by atoms with Crippen molar-refractivity contribution in [2.45, 2.75) is 25.9 Å². The monoisotopic (exact) mass is 380 g/mol. The largest absolute Gasteiger partial charge is 0.329 e. The summed E-state index contributed by atoms with van der Waals surface area (Å²) in [6.45, 7) is 2.68. The van der Waals surface area contributed by atoms with Gasteiger partial charge in [0.1, 0.15) is 12.1 Å². The predicted molar refractivity (Wildman–Crippen MR) is 106 cm³/mol. The highest BCUT2D eigenvalue weighted by Gasteiger charge is 2.40. The van der Waals surface area contributed by atoms with Crippen molar-refractivity contribution >= 4 is 23.1 Å². The first-order valence-corrected chi connectivity index (χ1v) is 9.03. The quantitative estimate of drug-likeness (QED) is 0.500. The van der Waals surface area contributed by atoms with E-state index in [1.54, 1.807) is 60.7 Å². The summed E-state index contributed by atoms with van der Waals surface area (Å²) >= 11 is 0. The fourth-order valence-electron chi connectivity index (χ4n) is 3.21. The van der Waals surface area contributed by atoms with Crippen LogP contribution in [0.3, 0.4) is 0 Å². The van der Waals surface area contributed by atoms with E-state index < -0.39 is 35.2 Å². The lowest BCUT2D eigenvalue weighted by Crippen LogP contribution is -2.57. The number of nitrogens with zero attached hydrogens (tertiary/aromatic N) is 1. The number of hydrogen-bond donors (Lipinski definition) is 1. The maximum atomic E-state index is 13.1. The van der Waals surface area contributed by atoms with E-state index in [0.29, 0.717) is 11.1 Å². The number of hydrogen-bond acceptors (Lipinski definition) is 6. The molecule has 0 aliphatic heterocycles. The van der Waals surface area contributed by atoms with Gasteiger partial charge >= 0.3 is 0 Å². The Hall–Kier alpha value is -2.96. The van der Waals surface area contributed by atoms with E-state index in [1.165, 1.54) is 18.7 Å². The minimum Gasteiger partial charge on any atom is -0.329 e. The smallest absolute Gasteiger partial charge is 0.187 e. The summed E-state index contributed by atoms with van der Waals surface area (Å²) in [6.07, 6.45) is 0. The Morgan fingerprint density at radius 3 is 1.39 bits per heavy atom. The van der Waals surface area contributed by atoms with Crippen LogP contribution in [0.25, 0.3) is 0 Å². The number of ketones is 4. The first-order chi connectivity index (χ1) is 13.4. The van der Waals surface area contributed by atoms with Gasteiger partial charge < -0.3 is 5.73 Å². The molecular weight excluding hydrogens is 356 g/mol. The predicted octanol–water partition coefficient (Wildman–Crippen LogP) is 1.93. The number of Topliss-reactive ketones (excluding diaryl/α,β-unsaturated/α-hetero) is 4. The minimum atomic E-state index is -1.27. The molecule has 2 aromatic carbocycles. The minimum absolute atomic E-state index is 0.0473. The normalized spacial score (nSPS) is 13.0. The fraction of sp³-hybridized carbons (Fsp3) is 0.273. The Kier molecular flexibility index (Phi) is 7.49. The highest BCUT2D eigenvalue weighted by atomic mass is 16.2. The van der Waals surface area contributed by atoms with Crippen molar-refractivity contribution in [2.24, 2.45) is 5.73 Å². The Balaban J connectivity index is 2.50. The lowest BCUT2D eigenvalue weighted by molar-refractivity contribution is -0.125. The number of carbonyl (C=O) groups excluding carboxylic acids is 4. The molecule has 28 heavy (non-hydrogen) atoms. The topological polar surface area (TPSA) is 97.5 Å². The first kappa shape index (κ1) is 21.3. The van der Waals surface area contributed by atoms with Gasteiger partial charge in [-0.2, -0.15) is 0 Å².